The van der Waals surface area contributed by atoms with Crippen molar-refractivity contribution in [1.82, 2.24) is 4.90 Å². The zero-order chi connectivity index (χ0) is 17.2. The van der Waals surface area contributed by atoms with Crippen LogP contribution in [0.25, 0.3) is 0 Å². The molecule has 3 rings (SSSR count). The first-order valence-electron chi connectivity index (χ1n) is 8.03. The van der Waals surface area contributed by atoms with Crippen LogP contribution in [0.3, 0.4) is 0 Å². The number of amides is 1. The SMILES string of the molecule is O=C(CSC1CCS(=O)(=O)C1)N1CCN(c2cccc(Cl)c2)CC1. The molecule has 0 saturated carbocycles. The van der Waals surface area contributed by atoms with Crippen LogP contribution in [0.2, 0.25) is 5.02 Å². The van der Waals surface area contributed by atoms with E-state index in [9.17, 15) is 13.2 Å². The van der Waals surface area contributed by atoms with Gasteiger partial charge in [-0.05, 0) is 24.6 Å². The number of halogens is 1. The second kappa shape index (κ2) is 7.54. The molecular formula is C16H21ClN2O3S2. The summed E-state index contributed by atoms with van der Waals surface area (Å²) in [5.74, 6) is 0.956. The number of sulfone groups is 1. The van der Waals surface area contributed by atoms with Gasteiger partial charge < -0.3 is 9.80 Å². The molecule has 132 valence electrons. The number of anilines is 1. The van der Waals surface area contributed by atoms with Crippen LogP contribution in [-0.2, 0) is 14.6 Å². The van der Waals surface area contributed by atoms with Crippen molar-refractivity contribution in [3.63, 3.8) is 0 Å². The summed E-state index contributed by atoms with van der Waals surface area (Å²) < 4.78 is 22.9. The molecule has 24 heavy (non-hydrogen) atoms. The number of nitrogens with zero attached hydrogens (tertiary/aromatic N) is 2. The van der Waals surface area contributed by atoms with Gasteiger partial charge in [0.05, 0.1) is 17.3 Å². The minimum Gasteiger partial charge on any atom is -0.368 e. The van der Waals surface area contributed by atoms with Gasteiger partial charge in [-0.3, -0.25) is 4.79 Å². The summed E-state index contributed by atoms with van der Waals surface area (Å²) in [6.07, 6.45) is 0.669. The molecule has 1 amide bonds. The number of benzene rings is 1. The highest BCUT2D eigenvalue weighted by Gasteiger charge is 2.29. The number of carbonyl (C=O) groups excluding carboxylic acids is 1. The Bertz CT molecular complexity index is 703. The van der Waals surface area contributed by atoms with E-state index in [1.54, 1.807) is 0 Å². The summed E-state index contributed by atoms with van der Waals surface area (Å²) >= 11 is 7.52. The van der Waals surface area contributed by atoms with Crippen LogP contribution in [0.15, 0.2) is 24.3 Å². The van der Waals surface area contributed by atoms with Crippen molar-refractivity contribution in [1.29, 1.82) is 0 Å². The van der Waals surface area contributed by atoms with Crippen molar-refractivity contribution in [2.45, 2.75) is 11.7 Å². The number of piperazine rings is 1. The van der Waals surface area contributed by atoms with Gasteiger partial charge >= 0.3 is 0 Å². The molecule has 8 heteroatoms. The third kappa shape index (κ3) is 4.58. The molecular weight excluding hydrogens is 368 g/mol. The Morgan fingerprint density at radius 3 is 2.62 bits per heavy atom. The van der Waals surface area contributed by atoms with Crippen molar-refractivity contribution in [3.8, 4) is 0 Å². The van der Waals surface area contributed by atoms with Crippen molar-refractivity contribution in [2.75, 3.05) is 48.3 Å². The summed E-state index contributed by atoms with van der Waals surface area (Å²) in [7, 11) is -2.87. The van der Waals surface area contributed by atoms with Crippen LogP contribution in [0.4, 0.5) is 5.69 Å². The average Bonchev–Trinajstić information content (AvgIpc) is 2.92. The van der Waals surface area contributed by atoms with Gasteiger partial charge in [0.1, 0.15) is 0 Å². The minimum absolute atomic E-state index is 0.0756. The lowest BCUT2D eigenvalue weighted by Crippen LogP contribution is -2.49. The first-order valence-corrected chi connectivity index (χ1v) is 11.3. The summed E-state index contributed by atoms with van der Waals surface area (Å²) in [6, 6.07) is 7.75. The molecule has 1 atom stereocenters. The first-order chi connectivity index (χ1) is 11.4. The number of rotatable bonds is 4. The second-order valence-electron chi connectivity index (χ2n) is 6.18. The summed E-state index contributed by atoms with van der Waals surface area (Å²) in [4.78, 5) is 16.4. The first kappa shape index (κ1) is 17.9. The fraction of sp³-hybridized carbons (Fsp3) is 0.562. The van der Waals surface area contributed by atoms with Gasteiger partial charge in [0.25, 0.3) is 0 Å². The Morgan fingerprint density at radius 1 is 1.25 bits per heavy atom. The van der Waals surface area contributed by atoms with E-state index in [-0.39, 0.29) is 22.7 Å². The molecule has 1 aromatic rings. The van der Waals surface area contributed by atoms with E-state index in [1.807, 2.05) is 29.2 Å². The monoisotopic (exact) mass is 388 g/mol. The predicted molar refractivity (Wildman–Crippen MR) is 99.8 cm³/mol. The highest BCUT2D eigenvalue weighted by Crippen LogP contribution is 2.25. The normalized spacial score (nSPS) is 23.5. The number of hydrogen-bond acceptors (Lipinski definition) is 5. The highest BCUT2D eigenvalue weighted by molar-refractivity contribution is 8.02. The Hall–Kier alpha value is -0.920. The summed E-state index contributed by atoms with van der Waals surface area (Å²) in [5.41, 5.74) is 1.08. The lowest BCUT2D eigenvalue weighted by atomic mass is 10.2. The molecule has 0 aromatic heterocycles. The Morgan fingerprint density at radius 2 is 2.00 bits per heavy atom. The average molecular weight is 389 g/mol. The molecule has 1 aromatic carbocycles. The van der Waals surface area contributed by atoms with Gasteiger partial charge in [0, 0.05) is 42.1 Å². The van der Waals surface area contributed by atoms with E-state index in [2.05, 4.69) is 4.90 Å². The van der Waals surface area contributed by atoms with E-state index in [0.717, 1.165) is 18.8 Å². The molecule has 2 fully saturated rings. The number of hydrogen-bond donors (Lipinski definition) is 0. The van der Waals surface area contributed by atoms with Crippen LogP contribution < -0.4 is 4.90 Å². The molecule has 0 radical (unpaired) electrons. The van der Waals surface area contributed by atoms with Crippen molar-refractivity contribution >= 4 is 44.8 Å². The van der Waals surface area contributed by atoms with E-state index in [1.165, 1.54) is 11.8 Å². The maximum atomic E-state index is 12.3. The molecule has 0 spiro atoms. The highest BCUT2D eigenvalue weighted by atomic mass is 35.5. The molecule has 0 aliphatic carbocycles. The topological polar surface area (TPSA) is 57.7 Å². The third-order valence-electron chi connectivity index (χ3n) is 4.44. The third-order valence-corrected chi connectivity index (χ3v) is 7.94. The van der Waals surface area contributed by atoms with E-state index < -0.39 is 9.84 Å². The minimum atomic E-state index is -2.87. The largest absolute Gasteiger partial charge is 0.368 e. The maximum absolute atomic E-state index is 12.3. The van der Waals surface area contributed by atoms with Crippen LogP contribution in [-0.4, -0.2) is 67.9 Å². The predicted octanol–water partition coefficient (Wildman–Crippen LogP) is 1.91. The van der Waals surface area contributed by atoms with Crippen molar-refractivity contribution < 1.29 is 13.2 Å². The standard InChI is InChI=1S/C16H21ClN2O3S2/c17-13-2-1-3-14(10-13)18-5-7-19(8-6-18)16(20)11-23-15-4-9-24(21,22)12-15/h1-3,10,15H,4-9,11-12H2. The Kier molecular flexibility index (Phi) is 5.62. The van der Waals surface area contributed by atoms with Crippen molar-refractivity contribution in [3.05, 3.63) is 29.3 Å². The molecule has 2 heterocycles. The van der Waals surface area contributed by atoms with Gasteiger partial charge in [-0.25, -0.2) is 8.42 Å². The fourth-order valence-electron chi connectivity index (χ4n) is 3.06. The molecule has 2 aliphatic rings. The summed E-state index contributed by atoms with van der Waals surface area (Å²) in [5, 5.41) is 0.792. The molecule has 1 unspecified atom stereocenters. The van der Waals surface area contributed by atoms with Crippen LogP contribution >= 0.6 is 23.4 Å². The maximum Gasteiger partial charge on any atom is 0.232 e. The second-order valence-corrected chi connectivity index (χ2v) is 10.1. The van der Waals surface area contributed by atoms with E-state index in [0.29, 0.717) is 30.3 Å². The van der Waals surface area contributed by atoms with Gasteiger partial charge in [-0.15, -0.1) is 11.8 Å². The Balaban J connectivity index is 1.45. The molecule has 2 aliphatic heterocycles. The van der Waals surface area contributed by atoms with Crippen LogP contribution in [0.5, 0.6) is 0 Å². The van der Waals surface area contributed by atoms with Gasteiger partial charge in [-0.1, -0.05) is 17.7 Å². The quantitative estimate of drug-likeness (QED) is 0.788. The molecule has 0 bridgehead atoms. The van der Waals surface area contributed by atoms with Gasteiger partial charge in [0.15, 0.2) is 9.84 Å². The lowest BCUT2D eigenvalue weighted by Gasteiger charge is -2.36. The number of carbonyl (C=O) groups is 1. The van der Waals surface area contributed by atoms with Crippen LogP contribution in [0.1, 0.15) is 6.42 Å². The van der Waals surface area contributed by atoms with Crippen LogP contribution in [0, 0.1) is 0 Å². The smallest absolute Gasteiger partial charge is 0.232 e. The molecule has 0 N–H and O–H groups in total. The fourth-order valence-corrected chi connectivity index (χ4v) is 6.79. The van der Waals surface area contributed by atoms with Gasteiger partial charge in [0.2, 0.25) is 5.91 Å². The van der Waals surface area contributed by atoms with E-state index in [4.69, 9.17) is 11.6 Å². The van der Waals surface area contributed by atoms with Gasteiger partial charge in [-0.2, -0.15) is 0 Å². The summed E-state index contributed by atoms with van der Waals surface area (Å²) in [6.45, 7) is 2.95. The zero-order valence-electron chi connectivity index (χ0n) is 13.4. The molecule has 5 nitrogen and oxygen atoms in total. The lowest BCUT2D eigenvalue weighted by molar-refractivity contribution is -0.128. The van der Waals surface area contributed by atoms with E-state index >= 15 is 0 Å². The number of thioether (sulfide) groups is 1. The molecule has 2 saturated heterocycles. The zero-order valence-corrected chi connectivity index (χ0v) is 15.7. The van der Waals surface area contributed by atoms with Crippen molar-refractivity contribution in [2.24, 2.45) is 0 Å². The Labute approximate surface area is 152 Å².